The number of ether oxygens (including phenoxy) is 2. The molecule has 104 valence electrons. The van der Waals surface area contributed by atoms with Crippen LogP contribution in [-0.2, 0) is 6.61 Å². The van der Waals surface area contributed by atoms with Crippen LogP contribution in [0.25, 0.3) is 0 Å². The predicted octanol–water partition coefficient (Wildman–Crippen LogP) is 3.67. The van der Waals surface area contributed by atoms with Gasteiger partial charge < -0.3 is 9.47 Å². The van der Waals surface area contributed by atoms with Gasteiger partial charge in [0.15, 0.2) is 0 Å². The third kappa shape index (κ3) is 3.45. The molecule has 0 amide bonds. The summed E-state index contributed by atoms with van der Waals surface area (Å²) in [6, 6.07) is 14.1. The number of benzene rings is 2. The van der Waals surface area contributed by atoms with Crippen LogP contribution in [-0.4, -0.2) is 7.11 Å². The zero-order chi connectivity index (χ0) is 15.2. The number of halogens is 1. The van der Waals surface area contributed by atoms with Crippen molar-refractivity contribution in [2.24, 2.45) is 0 Å². The van der Waals surface area contributed by atoms with Crippen LogP contribution in [0.3, 0.4) is 0 Å². The zero-order valence-corrected chi connectivity index (χ0v) is 12.0. The summed E-state index contributed by atoms with van der Waals surface area (Å²) in [6.45, 7) is 0.268. The first-order chi connectivity index (χ1) is 10.2. The normalized spacial score (nSPS) is 9.52. The minimum atomic E-state index is 0.268. The Labute approximate surface area is 127 Å². The van der Waals surface area contributed by atoms with Crippen molar-refractivity contribution in [2.45, 2.75) is 6.61 Å². The summed E-state index contributed by atoms with van der Waals surface area (Å²) in [5.74, 6) is 1.02. The largest absolute Gasteiger partial charge is 0.495 e. The standard InChI is InChI=1S/C16H11ClN2O2/c1-20-15-4-3-12(6-13(15)9-19)10-21-16-5-2-11(8-18)7-14(16)17/h2-7H,10H2,1H3. The lowest BCUT2D eigenvalue weighted by Crippen LogP contribution is -1.98. The Morgan fingerprint density at radius 3 is 2.43 bits per heavy atom. The van der Waals surface area contributed by atoms with Crippen molar-refractivity contribution in [3.8, 4) is 23.6 Å². The Morgan fingerprint density at radius 2 is 1.81 bits per heavy atom. The highest BCUT2D eigenvalue weighted by atomic mass is 35.5. The van der Waals surface area contributed by atoms with Gasteiger partial charge in [0.1, 0.15) is 24.2 Å². The summed E-state index contributed by atoms with van der Waals surface area (Å²) in [5.41, 5.74) is 1.75. The third-order valence-electron chi connectivity index (χ3n) is 2.84. The van der Waals surface area contributed by atoms with E-state index in [1.807, 2.05) is 12.1 Å². The van der Waals surface area contributed by atoms with Crippen LogP contribution in [0.5, 0.6) is 11.5 Å². The molecule has 0 unspecified atom stereocenters. The maximum absolute atomic E-state index is 9.04. The van der Waals surface area contributed by atoms with E-state index in [0.29, 0.717) is 27.6 Å². The SMILES string of the molecule is COc1ccc(COc2ccc(C#N)cc2Cl)cc1C#N. The second-order valence-electron chi connectivity index (χ2n) is 4.19. The molecule has 4 nitrogen and oxygen atoms in total. The maximum Gasteiger partial charge on any atom is 0.138 e. The van der Waals surface area contributed by atoms with E-state index in [-0.39, 0.29) is 6.61 Å². The van der Waals surface area contributed by atoms with Crippen LogP contribution in [0.1, 0.15) is 16.7 Å². The molecule has 0 spiro atoms. The second kappa shape index (κ2) is 6.65. The summed E-state index contributed by atoms with van der Waals surface area (Å²) in [7, 11) is 1.52. The molecule has 0 aromatic heterocycles. The molecule has 0 aliphatic carbocycles. The zero-order valence-electron chi connectivity index (χ0n) is 11.3. The first kappa shape index (κ1) is 14.7. The van der Waals surface area contributed by atoms with Crippen molar-refractivity contribution >= 4 is 11.6 Å². The average molecular weight is 299 g/mol. The Kier molecular flexibility index (Phi) is 4.66. The lowest BCUT2D eigenvalue weighted by molar-refractivity contribution is 0.306. The Bertz CT molecular complexity index is 745. The minimum Gasteiger partial charge on any atom is -0.495 e. The van der Waals surface area contributed by atoms with Gasteiger partial charge in [0, 0.05) is 0 Å². The molecule has 0 aliphatic rings. The van der Waals surface area contributed by atoms with Gasteiger partial charge in [-0.1, -0.05) is 17.7 Å². The van der Waals surface area contributed by atoms with Gasteiger partial charge in [-0.15, -0.1) is 0 Å². The van der Waals surface area contributed by atoms with E-state index >= 15 is 0 Å². The Balaban J connectivity index is 2.14. The fourth-order valence-electron chi connectivity index (χ4n) is 1.78. The van der Waals surface area contributed by atoms with Crippen LogP contribution < -0.4 is 9.47 Å². The van der Waals surface area contributed by atoms with Crippen molar-refractivity contribution in [3.63, 3.8) is 0 Å². The van der Waals surface area contributed by atoms with Crippen molar-refractivity contribution in [2.75, 3.05) is 7.11 Å². The smallest absolute Gasteiger partial charge is 0.138 e. The maximum atomic E-state index is 9.04. The van der Waals surface area contributed by atoms with Crippen LogP contribution in [0.15, 0.2) is 36.4 Å². The van der Waals surface area contributed by atoms with Crippen molar-refractivity contribution in [1.82, 2.24) is 0 Å². The molecular weight excluding hydrogens is 288 g/mol. The van der Waals surface area contributed by atoms with Gasteiger partial charge in [-0.3, -0.25) is 0 Å². The summed E-state index contributed by atoms with van der Waals surface area (Å²) in [5, 5.41) is 18.2. The number of rotatable bonds is 4. The fourth-order valence-corrected chi connectivity index (χ4v) is 2.02. The summed E-state index contributed by atoms with van der Waals surface area (Å²) < 4.78 is 10.7. The highest BCUT2D eigenvalue weighted by molar-refractivity contribution is 6.32. The summed E-state index contributed by atoms with van der Waals surface area (Å²) in [4.78, 5) is 0. The van der Waals surface area contributed by atoms with E-state index in [2.05, 4.69) is 6.07 Å². The van der Waals surface area contributed by atoms with Crippen molar-refractivity contribution in [3.05, 3.63) is 58.1 Å². The summed E-state index contributed by atoms with van der Waals surface area (Å²) >= 11 is 6.03. The van der Waals surface area contributed by atoms with Gasteiger partial charge >= 0.3 is 0 Å². The van der Waals surface area contributed by atoms with Crippen LogP contribution in [0, 0.1) is 22.7 Å². The molecule has 0 saturated carbocycles. The molecule has 0 heterocycles. The van der Waals surface area contributed by atoms with Crippen LogP contribution >= 0.6 is 11.6 Å². The average Bonchev–Trinajstić information content (AvgIpc) is 2.53. The molecule has 21 heavy (non-hydrogen) atoms. The monoisotopic (exact) mass is 298 g/mol. The number of nitrogens with zero attached hydrogens (tertiary/aromatic N) is 2. The summed E-state index contributed by atoms with van der Waals surface area (Å²) in [6.07, 6.45) is 0. The van der Waals surface area contributed by atoms with Gasteiger partial charge in [0.2, 0.25) is 0 Å². The molecule has 0 fully saturated rings. The molecule has 0 atom stereocenters. The quantitative estimate of drug-likeness (QED) is 0.863. The first-order valence-electron chi connectivity index (χ1n) is 6.07. The lowest BCUT2D eigenvalue weighted by Gasteiger charge is -2.09. The van der Waals surface area contributed by atoms with E-state index in [4.69, 9.17) is 31.6 Å². The molecule has 0 radical (unpaired) electrons. The van der Waals surface area contributed by atoms with Crippen LogP contribution in [0.2, 0.25) is 5.02 Å². The lowest BCUT2D eigenvalue weighted by atomic mass is 10.1. The van der Waals surface area contributed by atoms with Crippen molar-refractivity contribution in [1.29, 1.82) is 10.5 Å². The fraction of sp³-hybridized carbons (Fsp3) is 0.125. The first-order valence-corrected chi connectivity index (χ1v) is 6.45. The number of methoxy groups -OCH3 is 1. The van der Waals surface area contributed by atoms with Crippen LogP contribution in [0.4, 0.5) is 0 Å². The third-order valence-corrected chi connectivity index (χ3v) is 3.14. The second-order valence-corrected chi connectivity index (χ2v) is 4.60. The van der Waals surface area contributed by atoms with Gasteiger partial charge in [-0.25, -0.2) is 0 Å². The van der Waals surface area contributed by atoms with Gasteiger partial charge in [-0.05, 0) is 35.9 Å². The molecule has 2 aromatic rings. The van der Waals surface area contributed by atoms with E-state index in [1.165, 1.54) is 7.11 Å². The topological polar surface area (TPSA) is 66.0 Å². The predicted molar refractivity (Wildman–Crippen MR) is 78.2 cm³/mol. The number of hydrogen-bond acceptors (Lipinski definition) is 4. The Morgan fingerprint density at radius 1 is 1.05 bits per heavy atom. The molecule has 0 N–H and O–H groups in total. The number of hydrogen-bond donors (Lipinski definition) is 0. The minimum absolute atomic E-state index is 0.268. The van der Waals surface area contributed by atoms with Crippen molar-refractivity contribution < 1.29 is 9.47 Å². The number of nitriles is 2. The highest BCUT2D eigenvalue weighted by Crippen LogP contribution is 2.26. The van der Waals surface area contributed by atoms with Gasteiger partial charge in [0.05, 0.1) is 29.3 Å². The van der Waals surface area contributed by atoms with E-state index in [1.54, 1.807) is 30.3 Å². The molecule has 2 aromatic carbocycles. The molecule has 2 rings (SSSR count). The van der Waals surface area contributed by atoms with Gasteiger partial charge in [0.25, 0.3) is 0 Å². The van der Waals surface area contributed by atoms with Gasteiger partial charge in [-0.2, -0.15) is 10.5 Å². The molecule has 0 bridgehead atoms. The van der Waals surface area contributed by atoms with E-state index < -0.39 is 0 Å². The molecular formula is C16H11ClN2O2. The van der Waals surface area contributed by atoms with E-state index in [0.717, 1.165) is 5.56 Å². The molecule has 5 heteroatoms. The van der Waals surface area contributed by atoms with E-state index in [9.17, 15) is 0 Å². The highest BCUT2D eigenvalue weighted by Gasteiger charge is 2.06. The molecule has 0 aliphatic heterocycles. The molecule has 0 saturated heterocycles. The Hall–Kier alpha value is -2.69.